The number of nitrogens with one attached hydrogen (secondary N) is 1. The van der Waals surface area contributed by atoms with E-state index in [0.717, 1.165) is 25.9 Å². The van der Waals surface area contributed by atoms with Gasteiger partial charge in [0.1, 0.15) is 0 Å². The van der Waals surface area contributed by atoms with Crippen LogP contribution in [0.2, 0.25) is 0 Å². The quantitative estimate of drug-likeness (QED) is 0.821. The van der Waals surface area contributed by atoms with E-state index in [4.69, 9.17) is 4.74 Å². The number of carbonyl (C=O) groups excluding carboxylic acids is 1. The summed E-state index contributed by atoms with van der Waals surface area (Å²) in [5.74, 6) is 0.630. The van der Waals surface area contributed by atoms with Gasteiger partial charge < -0.3 is 15.0 Å². The third-order valence-corrected chi connectivity index (χ3v) is 4.70. The van der Waals surface area contributed by atoms with E-state index in [0.29, 0.717) is 5.92 Å². The summed E-state index contributed by atoms with van der Waals surface area (Å²) in [4.78, 5) is 14.2. The second-order valence-electron chi connectivity index (χ2n) is 6.48. The van der Waals surface area contributed by atoms with E-state index in [1.807, 2.05) is 4.90 Å². The predicted octanol–water partition coefficient (Wildman–Crippen LogP) is 2.24. The Morgan fingerprint density at radius 3 is 2.72 bits per heavy atom. The Morgan fingerprint density at radius 2 is 2.17 bits per heavy atom. The number of hydrogen-bond acceptors (Lipinski definition) is 2. The van der Waals surface area contributed by atoms with Crippen molar-refractivity contribution in [2.24, 2.45) is 11.3 Å². The molecule has 104 valence electrons. The van der Waals surface area contributed by atoms with Gasteiger partial charge in [-0.15, -0.1) is 0 Å². The van der Waals surface area contributed by atoms with E-state index < -0.39 is 0 Å². The fourth-order valence-corrected chi connectivity index (χ4v) is 3.14. The van der Waals surface area contributed by atoms with Crippen LogP contribution in [0, 0.1) is 11.3 Å². The summed E-state index contributed by atoms with van der Waals surface area (Å²) < 4.78 is 5.41. The molecule has 0 radical (unpaired) electrons. The normalized spacial score (nSPS) is 34.9. The van der Waals surface area contributed by atoms with Crippen LogP contribution in [-0.4, -0.2) is 43.3 Å². The third kappa shape index (κ3) is 2.48. The van der Waals surface area contributed by atoms with Crippen molar-refractivity contribution in [2.75, 3.05) is 20.2 Å². The second-order valence-corrected chi connectivity index (χ2v) is 6.48. The van der Waals surface area contributed by atoms with Crippen molar-refractivity contribution in [1.82, 2.24) is 10.2 Å². The lowest BCUT2D eigenvalue weighted by atomic mass is 9.64. The zero-order chi connectivity index (χ0) is 13.3. The molecule has 3 unspecified atom stereocenters. The van der Waals surface area contributed by atoms with E-state index >= 15 is 0 Å². The monoisotopic (exact) mass is 254 g/mol. The number of nitrogens with zero attached hydrogens (tertiary/aromatic N) is 1. The Hall–Kier alpha value is -0.770. The van der Waals surface area contributed by atoms with Gasteiger partial charge in [-0.2, -0.15) is 0 Å². The molecule has 2 amide bonds. The highest BCUT2D eigenvalue weighted by Gasteiger charge is 2.49. The minimum atomic E-state index is 0.0474. The van der Waals surface area contributed by atoms with E-state index in [9.17, 15) is 4.79 Å². The molecule has 0 aromatic heterocycles. The van der Waals surface area contributed by atoms with Gasteiger partial charge in [-0.3, -0.25) is 0 Å². The summed E-state index contributed by atoms with van der Waals surface area (Å²) in [5.41, 5.74) is 0.0474. The fraction of sp³-hybridized carbons (Fsp3) is 0.929. The summed E-state index contributed by atoms with van der Waals surface area (Å²) in [6.07, 6.45) is 3.56. The third-order valence-electron chi connectivity index (χ3n) is 4.70. The number of rotatable bonds is 2. The van der Waals surface area contributed by atoms with Gasteiger partial charge in [0, 0.05) is 31.7 Å². The van der Waals surface area contributed by atoms with Gasteiger partial charge in [0.25, 0.3) is 0 Å². The van der Waals surface area contributed by atoms with E-state index in [2.05, 4.69) is 26.1 Å². The van der Waals surface area contributed by atoms with Gasteiger partial charge in [0.2, 0.25) is 0 Å². The lowest BCUT2D eigenvalue weighted by Gasteiger charge is -2.51. The van der Waals surface area contributed by atoms with Crippen LogP contribution in [0.15, 0.2) is 0 Å². The Morgan fingerprint density at radius 1 is 1.44 bits per heavy atom. The molecule has 0 spiro atoms. The number of piperidine rings is 1. The standard InChI is InChI=1S/C14H26N2O2/c1-10-6-5-7-16(9-10)13(17)15-11-8-12(18-4)14(11,2)3/h10-12H,5-9H2,1-4H3,(H,15,17). The zero-order valence-electron chi connectivity index (χ0n) is 12.0. The van der Waals surface area contributed by atoms with Gasteiger partial charge >= 0.3 is 6.03 Å². The summed E-state index contributed by atoms with van der Waals surface area (Å²) in [6.45, 7) is 8.33. The zero-order valence-corrected chi connectivity index (χ0v) is 12.0. The lowest BCUT2D eigenvalue weighted by molar-refractivity contribution is -0.0945. The van der Waals surface area contributed by atoms with E-state index in [-0.39, 0.29) is 23.6 Å². The molecule has 4 heteroatoms. The van der Waals surface area contributed by atoms with Crippen LogP contribution in [0.4, 0.5) is 4.79 Å². The molecule has 2 rings (SSSR count). The predicted molar refractivity (Wildman–Crippen MR) is 71.5 cm³/mol. The number of ether oxygens (including phenoxy) is 1. The van der Waals surface area contributed by atoms with Crippen LogP contribution >= 0.6 is 0 Å². The SMILES string of the molecule is COC1CC(NC(=O)N2CCCC(C)C2)C1(C)C. The molecule has 1 heterocycles. The van der Waals surface area contributed by atoms with E-state index in [1.165, 1.54) is 6.42 Å². The van der Waals surface area contributed by atoms with Crippen LogP contribution in [0.25, 0.3) is 0 Å². The maximum atomic E-state index is 12.2. The molecule has 1 saturated carbocycles. The number of carbonyl (C=O) groups is 1. The van der Waals surface area contributed by atoms with Crippen LogP contribution in [0.1, 0.15) is 40.0 Å². The van der Waals surface area contributed by atoms with Crippen molar-refractivity contribution in [3.8, 4) is 0 Å². The largest absolute Gasteiger partial charge is 0.381 e. The Kier molecular flexibility index (Phi) is 3.85. The minimum absolute atomic E-state index is 0.0474. The first-order chi connectivity index (χ1) is 8.45. The molecule has 1 aliphatic heterocycles. The van der Waals surface area contributed by atoms with Crippen molar-refractivity contribution in [1.29, 1.82) is 0 Å². The smallest absolute Gasteiger partial charge is 0.317 e. The van der Waals surface area contributed by atoms with Crippen molar-refractivity contribution < 1.29 is 9.53 Å². The Balaban J connectivity index is 1.85. The summed E-state index contributed by atoms with van der Waals surface area (Å²) in [5, 5.41) is 3.17. The number of methoxy groups -OCH3 is 1. The Bertz CT molecular complexity index is 317. The maximum Gasteiger partial charge on any atom is 0.317 e. The van der Waals surface area contributed by atoms with Crippen molar-refractivity contribution in [3.63, 3.8) is 0 Å². The highest BCUT2D eigenvalue weighted by atomic mass is 16.5. The van der Waals surface area contributed by atoms with Crippen molar-refractivity contribution >= 4 is 6.03 Å². The first-order valence-corrected chi connectivity index (χ1v) is 7.03. The molecule has 0 aromatic rings. The molecule has 2 aliphatic rings. The Labute approximate surface area is 110 Å². The van der Waals surface area contributed by atoms with Crippen LogP contribution in [0.5, 0.6) is 0 Å². The van der Waals surface area contributed by atoms with Gasteiger partial charge in [0.05, 0.1) is 6.10 Å². The number of hydrogen-bond donors (Lipinski definition) is 1. The fourth-order valence-electron chi connectivity index (χ4n) is 3.14. The molecule has 2 fully saturated rings. The molecule has 1 N–H and O–H groups in total. The molecule has 3 atom stereocenters. The minimum Gasteiger partial charge on any atom is -0.381 e. The van der Waals surface area contributed by atoms with Gasteiger partial charge in [-0.25, -0.2) is 4.79 Å². The summed E-state index contributed by atoms with van der Waals surface area (Å²) >= 11 is 0. The second kappa shape index (κ2) is 5.08. The first kappa shape index (κ1) is 13.7. The average Bonchev–Trinajstić information content (AvgIpc) is 2.33. The maximum absolute atomic E-state index is 12.2. The molecular weight excluding hydrogens is 228 g/mol. The number of amides is 2. The molecule has 18 heavy (non-hydrogen) atoms. The highest BCUT2D eigenvalue weighted by Crippen LogP contribution is 2.42. The summed E-state index contributed by atoms with van der Waals surface area (Å²) in [7, 11) is 1.75. The highest BCUT2D eigenvalue weighted by molar-refractivity contribution is 5.75. The van der Waals surface area contributed by atoms with Crippen molar-refractivity contribution in [2.45, 2.75) is 52.2 Å². The molecule has 1 aliphatic carbocycles. The molecule has 4 nitrogen and oxygen atoms in total. The summed E-state index contributed by atoms with van der Waals surface area (Å²) in [6, 6.07) is 0.348. The van der Waals surface area contributed by atoms with Gasteiger partial charge in [-0.05, 0) is 25.2 Å². The van der Waals surface area contributed by atoms with Crippen LogP contribution in [-0.2, 0) is 4.74 Å². The molecular formula is C14H26N2O2. The molecule has 0 aromatic carbocycles. The lowest BCUT2D eigenvalue weighted by Crippen LogP contribution is -2.63. The van der Waals surface area contributed by atoms with Crippen LogP contribution < -0.4 is 5.32 Å². The van der Waals surface area contributed by atoms with Crippen LogP contribution in [0.3, 0.4) is 0 Å². The topological polar surface area (TPSA) is 41.6 Å². The van der Waals surface area contributed by atoms with Gasteiger partial charge in [0.15, 0.2) is 0 Å². The number of likely N-dealkylation sites (tertiary alicyclic amines) is 1. The van der Waals surface area contributed by atoms with E-state index in [1.54, 1.807) is 7.11 Å². The molecule has 0 bridgehead atoms. The van der Waals surface area contributed by atoms with Crippen molar-refractivity contribution in [3.05, 3.63) is 0 Å². The number of urea groups is 1. The first-order valence-electron chi connectivity index (χ1n) is 7.03. The van der Waals surface area contributed by atoms with Gasteiger partial charge in [-0.1, -0.05) is 20.8 Å². The molecule has 1 saturated heterocycles. The average molecular weight is 254 g/mol.